The Balaban J connectivity index is 0.000000112. The third-order valence-corrected chi connectivity index (χ3v) is 28.6. The minimum atomic E-state index is -1.07. The number of hydrogen-bond acceptors (Lipinski definition) is 20. The Bertz CT molecular complexity index is 6870. The quantitative estimate of drug-likeness (QED) is 0.102. The smallest absolute Gasteiger partial charge is 0.356 e. The number of benzene rings is 3. The maximum absolute atomic E-state index is 12.7. The van der Waals surface area contributed by atoms with Crippen LogP contribution in [0.5, 0.6) is 0 Å². The molecule has 0 atom stereocenters. The lowest BCUT2D eigenvalue weighted by Crippen LogP contribution is -2.36. The zero-order chi connectivity index (χ0) is 93.4. The highest BCUT2D eigenvalue weighted by Gasteiger charge is 2.39. The normalized spacial score (nSPS) is 17.2. The number of aromatic nitrogens is 17. The van der Waals surface area contributed by atoms with Gasteiger partial charge in [-0.05, 0) is 123 Å². The van der Waals surface area contributed by atoms with Gasteiger partial charge < -0.3 is 62.5 Å². The summed E-state index contributed by atoms with van der Waals surface area (Å²) in [4.78, 5) is 92.9. The van der Waals surface area contributed by atoms with Gasteiger partial charge in [0.05, 0.1) is 64.3 Å². The summed E-state index contributed by atoms with van der Waals surface area (Å²) in [5.74, 6) is 0.231. The van der Waals surface area contributed by atoms with Crippen molar-refractivity contribution >= 4 is 62.7 Å². The van der Waals surface area contributed by atoms with Gasteiger partial charge in [-0.15, -0.1) is 0 Å². The van der Waals surface area contributed by atoms with Crippen LogP contribution in [0.15, 0.2) is 141 Å². The summed E-state index contributed by atoms with van der Waals surface area (Å²) in [6.45, 7) is 20.0. The number of carbonyl (C=O) groups is 5. The molecule has 0 radical (unpaired) electrons. The number of ether oxygens (including phenoxy) is 4. The Morgan fingerprint density at radius 3 is 1.62 bits per heavy atom. The fraction of sp³-hybridized carbons (Fsp3) is 0.427. The highest BCUT2D eigenvalue weighted by atomic mass is 16.5. The molecule has 9 aliphatic heterocycles. The number of imidazole rings is 2. The predicted octanol–water partition coefficient (Wildman–Crippen LogP) is 14.4. The number of nitrogens with zero attached hydrogens (tertiary/aromatic N) is 22. The monoisotopic (exact) mass is 1830 g/mol. The van der Waals surface area contributed by atoms with E-state index >= 15 is 0 Å². The molecule has 9 aliphatic rings. The number of carbonyl (C=O) groups excluding carboxylic acids is 4. The van der Waals surface area contributed by atoms with E-state index in [1.165, 1.54) is 51.2 Å². The maximum atomic E-state index is 12.7. The van der Waals surface area contributed by atoms with Crippen LogP contribution in [0.4, 0.5) is 5.69 Å². The Morgan fingerprint density at radius 1 is 0.515 bits per heavy atom. The number of carboxylic acids is 1. The molecule has 0 spiro atoms. The van der Waals surface area contributed by atoms with Crippen molar-refractivity contribution in [2.45, 2.75) is 187 Å². The molecule has 0 aliphatic carbocycles. The van der Waals surface area contributed by atoms with Gasteiger partial charge in [0.2, 0.25) is 23.6 Å². The topological polar surface area (TPSA) is 348 Å². The molecule has 0 saturated carbocycles. The van der Waals surface area contributed by atoms with Gasteiger partial charge in [-0.1, -0.05) is 62.4 Å². The van der Waals surface area contributed by atoms with Crippen molar-refractivity contribution in [2.75, 3.05) is 90.5 Å². The molecule has 20 heterocycles. The van der Waals surface area contributed by atoms with Crippen molar-refractivity contribution in [3.8, 4) is 73.6 Å². The van der Waals surface area contributed by atoms with Crippen LogP contribution in [0.1, 0.15) is 195 Å². The molecule has 4 saturated heterocycles. The maximum Gasteiger partial charge on any atom is 0.356 e. The lowest BCUT2D eigenvalue weighted by atomic mass is 9.92. The Hall–Kier alpha value is -13.8. The number of nitrogens with one attached hydrogen (secondary N) is 1. The predicted molar refractivity (Wildman–Crippen MR) is 511 cm³/mol. The van der Waals surface area contributed by atoms with Crippen LogP contribution in [0.25, 0.3) is 95.0 Å². The van der Waals surface area contributed by atoms with Crippen LogP contribution in [-0.4, -0.2) is 223 Å². The van der Waals surface area contributed by atoms with Crippen LogP contribution < -0.4 is 4.90 Å². The summed E-state index contributed by atoms with van der Waals surface area (Å²) in [7, 11) is 3.86. The molecule has 2 N–H and O–H groups in total. The van der Waals surface area contributed by atoms with E-state index in [4.69, 9.17) is 44.2 Å². The number of nitriles is 1. The van der Waals surface area contributed by atoms with Crippen LogP contribution in [0, 0.1) is 11.3 Å². The Kier molecular flexibility index (Phi) is 26.0. The van der Waals surface area contributed by atoms with Gasteiger partial charge in [-0.25, -0.2) is 14.8 Å². The van der Waals surface area contributed by atoms with E-state index in [2.05, 4.69) is 103 Å². The van der Waals surface area contributed by atoms with Crippen molar-refractivity contribution < 1.29 is 48.0 Å². The van der Waals surface area contributed by atoms with Crippen molar-refractivity contribution in [3.05, 3.63) is 208 Å². The van der Waals surface area contributed by atoms with Crippen molar-refractivity contribution in [3.63, 3.8) is 0 Å². The molecule has 4 fully saturated rings. The molecule has 0 bridgehead atoms. The van der Waals surface area contributed by atoms with Crippen molar-refractivity contribution in [1.82, 2.24) is 102 Å². The van der Waals surface area contributed by atoms with Gasteiger partial charge in [0.25, 0.3) is 0 Å². The first-order chi connectivity index (χ1) is 66.4. The lowest BCUT2D eigenvalue weighted by molar-refractivity contribution is -0.132. The van der Waals surface area contributed by atoms with E-state index in [1.54, 1.807) is 35.3 Å². The van der Waals surface area contributed by atoms with E-state index in [0.29, 0.717) is 102 Å². The summed E-state index contributed by atoms with van der Waals surface area (Å²) in [6, 6.07) is 32.6. The number of hydrogen-bond donors (Lipinski definition) is 2. The van der Waals surface area contributed by atoms with E-state index in [0.717, 1.165) is 249 Å². The second-order valence-electron chi connectivity index (χ2n) is 36.8. The standard InChI is InChI=1S/C29H30N6O2.C28H36N6O2.C25H26N6O2.C21H23N5O4/c1-3-28(36)34-10-7-26-24(18-34)29(27(14-30)35(26)21-8-11-37-12-9-21)22-6-4-5-19-13-25(31-16-23(19)22)20-15-32-33(2)17-20;1-3-27(35)33-13-9-26-25(19-33)28(30-34(26)21-10-14-36-15-11-21)24-7-4-6-20-17-32(12-5-8-23(20)24)22-16-29-31(2)18-22;1-16(32)30-11-7-22-20(15-30)23(29-31(22)18-8-12-33-13-9-18)19-5-2-6-21-24(19)28-25(27-21)17-4-3-10-26-14-17;1-13(27)24-8-4-18-16(11-24)19(23-26(18)14-5-9-30-10-6-14)15-3-2-7-25-12-17(21(28)29)22-20(15)25/h4-6,13,15-17,21H,3,7-12,18H2,1-2H3;4,6-7,16,18,21H,3,5,8-15,17,19H2,1-2H3;2-6,10,14,18H,7-9,11-13,15H2,1H3,(H,27,28);2-3,7,12,14H,4-6,8-11H2,1H3,(H,28,29). The molecule has 4 amide bonds. The number of H-pyrrole nitrogens is 1. The van der Waals surface area contributed by atoms with Crippen LogP contribution in [0.2, 0.25) is 0 Å². The summed E-state index contributed by atoms with van der Waals surface area (Å²) in [6.07, 6.45) is 30.4. The molecule has 136 heavy (non-hydrogen) atoms. The first kappa shape index (κ1) is 90.0. The molecule has 11 aromatic heterocycles. The number of anilines is 1. The van der Waals surface area contributed by atoms with Crippen LogP contribution >= 0.6 is 0 Å². The largest absolute Gasteiger partial charge is 0.476 e. The molecule has 0 unspecified atom stereocenters. The number of pyridine rings is 3. The van der Waals surface area contributed by atoms with Gasteiger partial charge in [-0.2, -0.15) is 30.8 Å². The van der Waals surface area contributed by atoms with Crippen molar-refractivity contribution in [1.29, 1.82) is 5.26 Å². The number of fused-ring (bicyclic) bond motifs is 8. The molecular formula is C103H115N23O10. The second-order valence-corrected chi connectivity index (χ2v) is 36.8. The van der Waals surface area contributed by atoms with Crippen molar-refractivity contribution in [2.24, 2.45) is 14.1 Å². The van der Waals surface area contributed by atoms with Crippen LogP contribution in [0.3, 0.4) is 0 Å². The SMILES string of the molecule is CC(=O)N1CCc2c(c(-c3cccc4[nH]c(-c5cccnc5)nc34)nn2C2CCOCC2)C1.CC(=O)N1CCc2c(c(-c3cccn4cc(C(=O)O)nc34)nn2C2CCOCC2)C1.CCC(=O)N1CCc2c(c(-c3cccc4c3CCCN(c3cnn(C)c3)C4)nn2C2CCOCC2)C1.CCC(=O)N1CCc2c(c(-c3cccc4cc(-c5cnn(C)c5)ncc34)c(C#N)n2C2CCOCC2)C1. The average molecular weight is 1840 g/mol. The first-order valence-corrected chi connectivity index (χ1v) is 48.1. The molecule has 3 aromatic carbocycles. The first-order valence-electron chi connectivity index (χ1n) is 48.1. The number of para-hydroxylation sites is 1. The highest BCUT2D eigenvalue weighted by Crippen LogP contribution is 2.46. The fourth-order valence-corrected chi connectivity index (χ4v) is 21.6. The number of aryl methyl sites for hydroxylation is 2. The van der Waals surface area contributed by atoms with Crippen LogP contribution in [-0.2, 0) is 117 Å². The average Bonchev–Trinajstić information content (AvgIpc) is 1.58. The fourth-order valence-electron chi connectivity index (χ4n) is 21.6. The molecule has 702 valence electrons. The number of aromatic carboxylic acids is 1. The number of carboxylic acid groups (broad SMARTS) is 1. The minimum Gasteiger partial charge on any atom is -0.476 e. The Labute approximate surface area is 787 Å². The van der Waals surface area contributed by atoms with E-state index in [1.807, 2.05) is 126 Å². The van der Waals surface area contributed by atoms with Gasteiger partial charge in [-0.3, -0.25) is 52.6 Å². The summed E-state index contributed by atoms with van der Waals surface area (Å²) >= 11 is 0. The number of amides is 4. The number of rotatable bonds is 14. The van der Waals surface area contributed by atoms with E-state index < -0.39 is 5.97 Å². The summed E-state index contributed by atoms with van der Waals surface area (Å²) < 4.78 is 36.7. The molecular weight excluding hydrogens is 1720 g/mol. The van der Waals surface area contributed by atoms with Gasteiger partial charge in [0.15, 0.2) is 5.69 Å². The second kappa shape index (κ2) is 39.3. The third-order valence-electron chi connectivity index (χ3n) is 28.6. The minimum absolute atomic E-state index is 0.00876. The van der Waals surface area contributed by atoms with E-state index in [9.17, 15) is 34.3 Å². The number of aromatic amines is 1. The molecule has 14 aromatic rings. The summed E-state index contributed by atoms with van der Waals surface area (Å²) in [5, 5.41) is 46.1. The molecule has 23 rings (SSSR count). The highest BCUT2D eigenvalue weighted by molar-refractivity contribution is 6.00. The van der Waals surface area contributed by atoms with Gasteiger partial charge in [0.1, 0.15) is 28.9 Å². The third kappa shape index (κ3) is 17.9. The van der Waals surface area contributed by atoms with Gasteiger partial charge >= 0.3 is 5.97 Å². The lowest BCUT2D eigenvalue weighted by Gasteiger charge is -2.31. The van der Waals surface area contributed by atoms with Gasteiger partial charge in [0, 0.05) is 318 Å². The molecule has 33 nitrogen and oxygen atoms in total. The zero-order valence-corrected chi connectivity index (χ0v) is 78.1. The summed E-state index contributed by atoms with van der Waals surface area (Å²) in [5.41, 5.74) is 26.9. The molecule has 33 heteroatoms. The van der Waals surface area contributed by atoms with E-state index in [-0.39, 0.29) is 41.4 Å². The Morgan fingerprint density at radius 2 is 1.05 bits per heavy atom. The zero-order valence-electron chi connectivity index (χ0n) is 78.1.